The van der Waals surface area contributed by atoms with Crippen LogP contribution in [-0.4, -0.2) is 11.7 Å². The predicted molar refractivity (Wildman–Crippen MR) is 86.6 cm³/mol. The molecule has 116 valence electrons. The zero-order valence-electron chi connectivity index (χ0n) is 13.4. The van der Waals surface area contributed by atoms with Crippen LogP contribution in [0.25, 0.3) is 0 Å². The molecule has 1 amide bonds. The van der Waals surface area contributed by atoms with Crippen LogP contribution in [-0.2, 0) is 11.2 Å². The normalized spacial score (nSPS) is 20.8. The van der Waals surface area contributed by atoms with Crippen molar-refractivity contribution in [3.63, 3.8) is 0 Å². The Balaban J connectivity index is 1.69. The summed E-state index contributed by atoms with van der Waals surface area (Å²) < 4.78 is 0. The summed E-state index contributed by atoms with van der Waals surface area (Å²) in [7, 11) is 0. The molecule has 0 spiro atoms. The molecule has 1 saturated heterocycles. The van der Waals surface area contributed by atoms with Crippen molar-refractivity contribution >= 4 is 11.7 Å². The topological polar surface area (TPSA) is 46.2 Å². The summed E-state index contributed by atoms with van der Waals surface area (Å²) in [6, 6.07) is 5.96. The van der Waals surface area contributed by atoms with Gasteiger partial charge in [-0.05, 0) is 44.6 Å². The zero-order chi connectivity index (χ0) is 15.7. The third-order valence-corrected chi connectivity index (χ3v) is 4.69. The van der Waals surface area contributed by atoms with Crippen LogP contribution < -0.4 is 5.32 Å². The first-order valence-electron chi connectivity index (χ1n) is 8.23. The van der Waals surface area contributed by atoms with Crippen LogP contribution in [0, 0.1) is 12.8 Å². The molecule has 1 N–H and O–H groups in total. The van der Waals surface area contributed by atoms with Crippen molar-refractivity contribution < 1.29 is 9.59 Å². The van der Waals surface area contributed by atoms with E-state index in [0.717, 1.165) is 48.9 Å². The van der Waals surface area contributed by atoms with E-state index < -0.39 is 0 Å². The van der Waals surface area contributed by atoms with Crippen molar-refractivity contribution in [2.75, 3.05) is 0 Å². The Bertz CT molecular complexity index is 651. The monoisotopic (exact) mass is 297 g/mol. The van der Waals surface area contributed by atoms with Gasteiger partial charge in [0.05, 0.1) is 0 Å². The first kappa shape index (κ1) is 15.0. The fraction of sp³-hybridized carbons (Fsp3) is 0.474. The van der Waals surface area contributed by atoms with Gasteiger partial charge in [-0.15, -0.1) is 0 Å². The standard InChI is InChI=1S/C19H23NO2/c1-3-13-10-12(2)4-8-16(13)18(21)11-15-7-9-17(14-5-6-14)20-19(15)22/h4,8,10,15H,3,5-7,9,11H2,1-2H3,(H,20,22). The maximum atomic E-state index is 12.6. The van der Waals surface area contributed by atoms with E-state index in [4.69, 9.17) is 0 Å². The zero-order valence-corrected chi connectivity index (χ0v) is 13.4. The Morgan fingerprint density at radius 3 is 2.68 bits per heavy atom. The molecule has 3 rings (SSSR count). The number of rotatable bonds is 4. The first-order chi connectivity index (χ1) is 10.6. The van der Waals surface area contributed by atoms with Gasteiger partial charge in [-0.1, -0.05) is 36.3 Å². The van der Waals surface area contributed by atoms with Gasteiger partial charge in [-0.25, -0.2) is 0 Å². The Kier molecular flexibility index (Phi) is 4.14. The lowest BCUT2D eigenvalue weighted by molar-refractivity contribution is -0.125. The van der Waals surface area contributed by atoms with Gasteiger partial charge in [0.1, 0.15) is 0 Å². The fourth-order valence-electron chi connectivity index (χ4n) is 3.21. The maximum Gasteiger partial charge on any atom is 0.227 e. The van der Waals surface area contributed by atoms with Crippen LogP contribution >= 0.6 is 0 Å². The number of carbonyl (C=O) groups is 2. The minimum atomic E-state index is -0.179. The number of carbonyl (C=O) groups excluding carboxylic acids is 2. The second-order valence-corrected chi connectivity index (χ2v) is 6.45. The third kappa shape index (κ3) is 3.13. The summed E-state index contributed by atoms with van der Waals surface area (Å²) in [5.74, 6) is -0.0553. The third-order valence-electron chi connectivity index (χ3n) is 4.69. The first-order valence-corrected chi connectivity index (χ1v) is 8.23. The summed E-state index contributed by atoms with van der Waals surface area (Å²) >= 11 is 0. The Morgan fingerprint density at radius 2 is 2.05 bits per heavy atom. The highest BCUT2D eigenvalue weighted by molar-refractivity contribution is 6.00. The number of nitrogens with one attached hydrogen (secondary N) is 1. The average molecular weight is 297 g/mol. The summed E-state index contributed by atoms with van der Waals surface area (Å²) in [5, 5.41) is 3.01. The number of amides is 1. The molecule has 1 aromatic carbocycles. The molecule has 0 aromatic heterocycles. The molecule has 1 aliphatic carbocycles. The largest absolute Gasteiger partial charge is 0.330 e. The van der Waals surface area contributed by atoms with Gasteiger partial charge in [0.2, 0.25) is 5.91 Å². The number of piperidine rings is 1. The van der Waals surface area contributed by atoms with Crippen LogP contribution in [0.15, 0.2) is 29.5 Å². The molecule has 1 aromatic rings. The van der Waals surface area contributed by atoms with Crippen molar-refractivity contribution in [3.05, 3.63) is 46.2 Å². The second-order valence-electron chi connectivity index (χ2n) is 6.45. The van der Waals surface area contributed by atoms with E-state index in [9.17, 15) is 9.59 Å². The Hall–Kier alpha value is -1.90. The molecule has 1 saturated carbocycles. The van der Waals surface area contributed by atoms with Crippen molar-refractivity contribution in [3.8, 4) is 0 Å². The molecule has 3 heteroatoms. The predicted octanol–water partition coefficient (Wildman–Crippen LogP) is 3.70. The van der Waals surface area contributed by atoms with Gasteiger partial charge in [0.15, 0.2) is 5.78 Å². The van der Waals surface area contributed by atoms with Crippen LogP contribution in [0.5, 0.6) is 0 Å². The molecule has 0 bridgehead atoms. The number of hydrogen-bond acceptors (Lipinski definition) is 2. The molecule has 1 heterocycles. The number of ketones is 1. The van der Waals surface area contributed by atoms with Crippen LogP contribution in [0.1, 0.15) is 60.5 Å². The molecule has 1 aliphatic heterocycles. The summed E-state index contributed by atoms with van der Waals surface area (Å²) in [5.41, 5.74) is 5.56. The minimum absolute atomic E-state index is 0.0270. The van der Waals surface area contributed by atoms with E-state index >= 15 is 0 Å². The number of hydrogen-bond donors (Lipinski definition) is 1. The number of Topliss-reactive ketones (excluding diaryl/α,β-unsaturated/α-hetero) is 1. The molecular formula is C19H23NO2. The van der Waals surface area contributed by atoms with Gasteiger partial charge in [-0.2, -0.15) is 0 Å². The lowest BCUT2D eigenvalue weighted by Gasteiger charge is -2.24. The van der Waals surface area contributed by atoms with Crippen molar-refractivity contribution in [1.29, 1.82) is 0 Å². The number of benzene rings is 1. The number of allylic oxidation sites excluding steroid dienone is 2. The highest BCUT2D eigenvalue weighted by Crippen LogP contribution is 2.35. The SMILES string of the molecule is CCc1cc(C)ccc1C(=O)CC1CCC(=C2CC2)NC1=O. The summed E-state index contributed by atoms with van der Waals surface area (Å²) in [4.78, 5) is 24.8. The summed E-state index contributed by atoms with van der Waals surface area (Å²) in [6.07, 6.45) is 5.13. The van der Waals surface area contributed by atoms with Crippen LogP contribution in [0.2, 0.25) is 0 Å². The molecule has 1 atom stereocenters. The van der Waals surface area contributed by atoms with Crippen LogP contribution in [0.3, 0.4) is 0 Å². The van der Waals surface area contributed by atoms with Gasteiger partial charge in [0.25, 0.3) is 0 Å². The molecule has 2 aliphatic rings. The second kappa shape index (κ2) is 6.07. The molecule has 22 heavy (non-hydrogen) atoms. The van der Waals surface area contributed by atoms with Crippen molar-refractivity contribution in [2.45, 2.75) is 52.4 Å². The van der Waals surface area contributed by atoms with Crippen molar-refractivity contribution in [1.82, 2.24) is 5.32 Å². The molecular weight excluding hydrogens is 274 g/mol. The lowest BCUT2D eigenvalue weighted by Crippen LogP contribution is -2.36. The lowest BCUT2D eigenvalue weighted by atomic mass is 9.88. The van der Waals surface area contributed by atoms with Gasteiger partial charge in [-0.3, -0.25) is 9.59 Å². The highest BCUT2D eigenvalue weighted by Gasteiger charge is 2.30. The Morgan fingerprint density at radius 1 is 1.27 bits per heavy atom. The van der Waals surface area contributed by atoms with Gasteiger partial charge >= 0.3 is 0 Å². The molecule has 3 nitrogen and oxygen atoms in total. The highest BCUT2D eigenvalue weighted by atomic mass is 16.2. The average Bonchev–Trinajstić information content (AvgIpc) is 3.33. The Labute approximate surface area is 131 Å². The molecule has 2 fully saturated rings. The van der Waals surface area contributed by atoms with E-state index in [2.05, 4.69) is 18.3 Å². The molecule has 0 radical (unpaired) electrons. The van der Waals surface area contributed by atoms with E-state index in [1.54, 1.807) is 0 Å². The van der Waals surface area contributed by atoms with E-state index in [-0.39, 0.29) is 17.6 Å². The summed E-state index contributed by atoms with van der Waals surface area (Å²) in [6.45, 7) is 4.10. The minimum Gasteiger partial charge on any atom is -0.330 e. The van der Waals surface area contributed by atoms with E-state index in [0.29, 0.717) is 6.42 Å². The smallest absolute Gasteiger partial charge is 0.227 e. The van der Waals surface area contributed by atoms with Gasteiger partial charge < -0.3 is 5.32 Å². The quantitative estimate of drug-likeness (QED) is 0.861. The van der Waals surface area contributed by atoms with E-state index in [1.165, 1.54) is 11.1 Å². The maximum absolute atomic E-state index is 12.6. The van der Waals surface area contributed by atoms with Crippen LogP contribution in [0.4, 0.5) is 0 Å². The van der Waals surface area contributed by atoms with E-state index in [1.807, 2.05) is 19.1 Å². The van der Waals surface area contributed by atoms with Gasteiger partial charge in [0, 0.05) is 23.6 Å². The van der Waals surface area contributed by atoms with Crippen molar-refractivity contribution in [2.24, 2.45) is 5.92 Å². The number of aryl methyl sites for hydroxylation is 2. The molecule has 1 unspecified atom stereocenters. The fourth-order valence-corrected chi connectivity index (χ4v) is 3.21.